The molecule has 1 heterocycles. The van der Waals surface area contributed by atoms with E-state index in [0.717, 1.165) is 30.0 Å². The van der Waals surface area contributed by atoms with Crippen molar-refractivity contribution in [3.63, 3.8) is 0 Å². The minimum absolute atomic E-state index is 0.306. The lowest BCUT2D eigenvalue weighted by molar-refractivity contribution is 0.297. The van der Waals surface area contributed by atoms with Crippen molar-refractivity contribution in [2.45, 2.75) is 26.3 Å². The molecular formula is C15H20N2O2. The zero-order valence-electron chi connectivity index (χ0n) is 11.5. The lowest BCUT2D eigenvalue weighted by atomic mass is 10.1. The molecule has 0 saturated heterocycles. The Morgan fingerprint density at radius 3 is 2.68 bits per heavy atom. The normalized spacial score (nSPS) is 15.7. The van der Waals surface area contributed by atoms with E-state index in [1.54, 1.807) is 0 Å². The number of rotatable bonds is 4. The summed E-state index contributed by atoms with van der Waals surface area (Å²) < 4.78 is 11.2. The van der Waals surface area contributed by atoms with Crippen molar-refractivity contribution < 1.29 is 9.47 Å². The van der Waals surface area contributed by atoms with Gasteiger partial charge in [0.05, 0.1) is 19.3 Å². The Labute approximate surface area is 114 Å². The number of nitriles is 1. The van der Waals surface area contributed by atoms with Gasteiger partial charge < -0.3 is 9.47 Å². The molecule has 4 nitrogen and oxygen atoms in total. The van der Waals surface area contributed by atoms with Crippen molar-refractivity contribution in [3.05, 3.63) is 23.8 Å². The molecule has 1 atom stereocenters. The van der Waals surface area contributed by atoms with Crippen LogP contribution in [0.15, 0.2) is 18.2 Å². The molecule has 0 aliphatic carbocycles. The third kappa shape index (κ3) is 3.62. The fourth-order valence-electron chi connectivity index (χ4n) is 1.95. The highest BCUT2D eigenvalue weighted by Gasteiger charge is 2.15. The predicted molar refractivity (Wildman–Crippen MR) is 73.2 cm³/mol. The first-order valence-corrected chi connectivity index (χ1v) is 6.73. The number of hydrogen-bond acceptors (Lipinski definition) is 4. The molecule has 0 bridgehead atoms. The van der Waals surface area contributed by atoms with Crippen LogP contribution in [0.1, 0.15) is 31.9 Å². The van der Waals surface area contributed by atoms with Crippen LogP contribution in [0.5, 0.6) is 11.5 Å². The highest BCUT2D eigenvalue weighted by molar-refractivity contribution is 5.45. The molecule has 0 radical (unpaired) electrons. The van der Waals surface area contributed by atoms with Crippen LogP contribution < -0.4 is 14.8 Å². The first kappa shape index (κ1) is 13.7. The average Bonchev–Trinajstić information content (AvgIpc) is 2.63. The van der Waals surface area contributed by atoms with Crippen LogP contribution in [0, 0.1) is 17.2 Å². The second-order valence-corrected chi connectivity index (χ2v) is 5.12. The summed E-state index contributed by atoms with van der Waals surface area (Å²) in [5.74, 6) is 2.01. The van der Waals surface area contributed by atoms with Crippen LogP contribution in [-0.4, -0.2) is 19.8 Å². The van der Waals surface area contributed by atoms with Crippen molar-refractivity contribution in [3.8, 4) is 17.6 Å². The van der Waals surface area contributed by atoms with Crippen molar-refractivity contribution in [1.82, 2.24) is 5.32 Å². The Bertz CT molecular complexity index is 466. The standard InChI is InChI=1S/C15H20N2O2/c1-11(2)10-17-13(9-16)12-4-5-14-15(8-12)19-7-3-6-18-14/h4-5,8,11,13,17H,3,6-7,10H2,1-2H3. The molecule has 1 aliphatic heterocycles. The summed E-state index contributed by atoms with van der Waals surface area (Å²) in [4.78, 5) is 0. The summed E-state index contributed by atoms with van der Waals surface area (Å²) in [5.41, 5.74) is 0.924. The molecule has 0 saturated carbocycles. The zero-order chi connectivity index (χ0) is 13.7. The number of benzene rings is 1. The van der Waals surface area contributed by atoms with Gasteiger partial charge in [-0.2, -0.15) is 5.26 Å². The van der Waals surface area contributed by atoms with Gasteiger partial charge in [-0.05, 0) is 30.2 Å². The molecule has 1 N–H and O–H groups in total. The zero-order valence-corrected chi connectivity index (χ0v) is 11.5. The predicted octanol–water partition coefficient (Wildman–Crippen LogP) is 2.66. The first-order valence-electron chi connectivity index (χ1n) is 6.73. The number of hydrogen-bond donors (Lipinski definition) is 1. The molecule has 1 aromatic rings. The Morgan fingerprint density at radius 1 is 1.26 bits per heavy atom. The molecule has 1 unspecified atom stereocenters. The second-order valence-electron chi connectivity index (χ2n) is 5.12. The molecule has 2 rings (SSSR count). The van der Waals surface area contributed by atoms with Crippen molar-refractivity contribution in [2.24, 2.45) is 5.92 Å². The number of fused-ring (bicyclic) bond motifs is 1. The molecule has 0 spiro atoms. The summed E-state index contributed by atoms with van der Waals surface area (Å²) in [6, 6.07) is 7.70. The molecule has 0 fully saturated rings. The van der Waals surface area contributed by atoms with Gasteiger partial charge in [-0.15, -0.1) is 0 Å². The fourth-order valence-corrected chi connectivity index (χ4v) is 1.95. The third-order valence-electron chi connectivity index (χ3n) is 2.96. The highest BCUT2D eigenvalue weighted by Crippen LogP contribution is 2.32. The van der Waals surface area contributed by atoms with Crippen LogP contribution in [0.4, 0.5) is 0 Å². The van der Waals surface area contributed by atoms with Gasteiger partial charge in [-0.3, -0.25) is 5.32 Å². The van der Waals surface area contributed by atoms with Gasteiger partial charge in [0.25, 0.3) is 0 Å². The summed E-state index contributed by atoms with van der Waals surface area (Å²) in [6.07, 6.45) is 0.886. The third-order valence-corrected chi connectivity index (χ3v) is 2.96. The van der Waals surface area contributed by atoms with Gasteiger partial charge >= 0.3 is 0 Å². The number of nitrogens with zero attached hydrogens (tertiary/aromatic N) is 1. The van der Waals surface area contributed by atoms with Crippen molar-refractivity contribution in [2.75, 3.05) is 19.8 Å². The molecule has 102 valence electrons. The summed E-state index contributed by atoms with van der Waals surface area (Å²) in [5, 5.41) is 12.5. The molecule has 4 heteroatoms. The van der Waals surface area contributed by atoms with E-state index in [2.05, 4.69) is 25.2 Å². The lowest BCUT2D eigenvalue weighted by Gasteiger charge is -2.15. The van der Waals surface area contributed by atoms with E-state index in [0.29, 0.717) is 19.1 Å². The van der Waals surface area contributed by atoms with Crippen LogP contribution in [-0.2, 0) is 0 Å². The van der Waals surface area contributed by atoms with E-state index in [-0.39, 0.29) is 6.04 Å². The van der Waals surface area contributed by atoms with E-state index in [1.807, 2.05) is 18.2 Å². The molecular weight excluding hydrogens is 240 g/mol. The minimum Gasteiger partial charge on any atom is -0.490 e. The molecule has 19 heavy (non-hydrogen) atoms. The summed E-state index contributed by atoms with van der Waals surface area (Å²) in [6.45, 7) is 6.39. The minimum atomic E-state index is -0.306. The van der Waals surface area contributed by atoms with E-state index >= 15 is 0 Å². The smallest absolute Gasteiger partial charge is 0.161 e. The second kappa shape index (κ2) is 6.44. The Hall–Kier alpha value is -1.73. The van der Waals surface area contributed by atoms with Gasteiger partial charge in [0.15, 0.2) is 11.5 Å². The maximum Gasteiger partial charge on any atom is 0.161 e. The SMILES string of the molecule is CC(C)CNC(C#N)c1ccc2c(c1)OCCCO2. The maximum atomic E-state index is 9.27. The monoisotopic (exact) mass is 260 g/mol. The molecule has 1 aromatic carbocycles. The number of nitrogens with one attached hydrogen (secondary N) is 1. The average molecular weight is 260 g/mol. The lowest BCUT2D eigenvalue weighted by Crippen LogP contribution is -2.24. The van der Waals surface area contributed by atoms with Crippen LogP contribution >= 0.6 is 0 Å². The van der Waals surface area contributed by atoms with Crippen LogP contribution in [0.2, 0.25) is 0 Å². The van der Waals surface area contributed by atoms with Gasteiger partial charge in [-0.1, -0.05) is 19.9 Å². The van der Waals surface area contributed by atoms with Crippen molar-refractivity contribution in [1.29, 1.82) is 5.26 Å². The van der Waals surface area contributed by atoms with E-state index in [1.165, 1.54) is 0 Å². The van der Waals surface area contributed by atoms with Gasteiger partial charge in [0, 0.05) is 6.42 Å². The van der Waals surface area contributed by atoms with Crippen LogP contribution in [0.25, 0.3) is 0 Å². The van der Waals surface area contributed by atoms with E-state index in [4.69, 9.17) is 9.47 Å². The van der Waals surface area contributed by atoms with E-state index < -0.39 is 0 Å². The quantitative estimate of drug-likeness (QED) is 0.904. The largest absolute Gasteiger partial charge is 0.490 e. The van der Waals surface area contributed by atoms with Gasteiger partial charge in [0.1, 0.15) is 6.04 Å². The first-order chi connectivity index (χ1) is 9.20. The van der Waals surface area contributed by atoms with Gasteiger partial charge in [-0.25, -0.2) is 0 Å². The maximum absolute atomic E-state index is 9.27. The van der Waals surface area contributed by atoms with E-state index in [9.17, 15) is 5.26 Å². The van der Waals surface area contributed by atoms with Gasteiger partial charge in [0.2, 0.25) is 0 Å². The Kier molecular flexibility index (Phi) is 4.64. The van der Waals surface area contributed by atoms with Crippen molar-refractivity contribution >= 4 is 0 Å². The van der Waals surface area contributed by atoms with Crippen LogP contribution in [0.3, 0.4) is 0 Å². The molecule has 0 aromatic heterocycles. The topological polar surface area (TPSA) is 54.3 Å². The number of ether oxygens (including phenoxy) is 2. The summed E-state index contributed by atoms with van der Waals surface area (Å²) >= 11 is 0. The summed E-state index contributed by atoms with van der Waals surface area (Å²) in [7, 11) is 0. The molecule has 0 amide bonds. The highest BCUT2D eigenvalue weighted by atomic mass is 16.5. The Morgan fingerprint density at radius 2 is 2.00 bits per heavy atom. The fraction of sp³-hybridized carbons (Fsp3) is 0.533. The molecule has 1 aliphatic rings. The Balaban J connectivity index is 2.15.